The smallest absolute Gasteiger partial charge is 0.269 e. The Morgan fingerprint density at radius 1 is 0.812 bits per heavy atom. The molecule has 14 nitrogen and oxygen atoms in total. The van der Waals surface area contributed by atoms with Crippen LogP contribution in [0.5, 0.6) is 5.75 Å². The van der Waals surface area contributed by atoms with Crippen LogP contribution in [0.25, 0.3) is 0 Å². The van der Waals surface area contributed by atoms with Gasteiger partial charge < -0.3 is 54.7 Å². The van der Waals surface area contributed by atoms with E-state index in [1.165, 1.54) is 12.1 Å². The van der Waals surface area contributed by atoms with Gasteiger partial charge >= 0.3 is 0 Å². The molecule has 0 radical (unpaired) electrons. The molecule has 2 aliphatic rings. The third-order valence-corrected chi connectivity index (χ3v) is 5.26. The average Bonchev–Trinajstić information content (AvgIpc) is 2.79. The number of nitro groups is 1. The zero-order valence-corrected chi connectivity index (χ0v) is 16.5. The number of aliphatic hydroxyl groups is 7. The van der Waals surface area contributed by atoms with Crippen LogP contribution in [0.2, 0.25) is 0 Å². The summed E-state index contributed by atoms with van der Waals surface area (Å²) < 4.78 is 21.5. The van der Waals surface area contributed by atoms with Crippen molar-refractivity contribution in [1.82, 2.24) is 0 Å². The summed E-state index contributed by atoms with van der Waals surface area (Å²) in [5, 5.41) is 80.4. The van der Waals surface area contributed by atoms with Gasteiger partial charge in [0.1, 0.15) is 54.6 Å². The SMILES string of the molecule is O=[N+]([O-])c1ccc(O[C@@H]2O[C@@H](CO)[C@@H](O[C@H]3O[C@@H](CO)[C@@H](O)[C@@H](O)[C@H]3O)[C@@H](O)[C@H]2O)cc1. The quantitative estimate of drug-likeness (QED) is 0.155. The van der Waals surface area contributed by atoms with Gasteiger partial charge in [0.25, 0.3) is 5.69 Å². The van der Waals surface area contributed by atoms with Gasteiger partial charge in [-0.15, -0.1) is 0 Å². The molecule has 0 bridgehead atoms. The van der Waals surface area contributed by atoms with Gasteiger partial charge in [-0.1, -0.05) is 0 Å². The van der Waals surface area contributed by atoms with Crippen LogP contribution in [0.1, 0.15) is 0 Å². The molecular weight excluding hydrogens is 438 g/mol. The van der Waals surface area contributed by atoms with Crippen LogP contribution in [0.4, 0.5) is 5.69 Å². The first kappa shape index (κ1) is 24.7. The van der Waals surface area contributed by atoms with Gasteiger partial charge in [-0.2, -0.15) is 0 Å². The van der Waals surface area contributed by atoms with Crippen molar-refractivity contribution in [2.75, 3.05) is 13.2 Å². The third kappa shape index (κ3) is 4.99. The molecule has 0 amide bonds. The van der Waals surface area contributed by atoms with E-state index in [-0.39, 0.29) is 11.4 Å². The molecule has 7 N–H and O–H groups in total. The topological polar surface area (TPSA) is 222 Å². The van der Waals surface area contributed by atoms with E-state index < -0.39 is 79.5 Å². The minimum absolute atomic E-state index is 0.0804. The maximum atomic E-state index is 10.7. The van der Waals surface area contributed by atoms with Crippen molar-refractivity contribution >= 4 is 5.69 Å². The number of nitro benzene ring substituents is 1. The molecule has 0 spiro atoms. The van der Waals surface area contributed by atoms with Crippen LogP contribution in [0.3, 0.4) is 0 Å². The van der Waals surface area contributed by atoms with Gasteiger partial charge in [-0.3, -0.25) is 10.1 Å². The predicted molar refractivity (Wildman–Crippen MR) is 100 cm³/mol. The summed E-state index contributed by atoms with van der Waals surface area (Å²) in [5.41, 5.74) is -0.191. The molecule has 0 unspecified atom stereocenters. The first-order valence-corrected chi connectivity index (χ1v) is 9.67. The highest BCUT2D eigenvalue weighted by Gasteiger charge is 2.51. The first-order chi connectivity index (χ1) is 15.2. The van der Waals surface area contributed by atoms with Crippen LogP contribution < -0.4 is 4.74 Å². The Bertz CT molecular complexity index is 760. The van der Waals surface area contributed by atoms with Gasteiger partial charge in [-0.25, -0.2) is 0 Å². The van der Waals surface area contributed by atoms with E-state index in [9.17, 15) is 45.9 Å². The van der Waals surface area contributed by atoms with Crippen LogP contribution >= 0.6 is 0 Å². The normalized spacial score (nSPS) is 40.1. The van der Waals surface area contributed by atoms with Crippen molar-refractivity contribution in [2.24, 2.45) is 0 Å². The van der Waals surface area contributed by atoms with E-state index in [1.807, 2.05) is 0 Å². The molecule has 0 aromatic heterocycles. The van der Waals surface area contributed by atoms with Crippen molar-refractivity contribution in [3.05, 3.63) is 34.4 Å². The van der Waals surface area contributed by atoms with Crippen molar-refractivity contribution < 1.29 is 59.6 Å². The molecule has 2 aliphatic heterocycles. The fraction of sp³-hybridized carbons (Fsp3) is 0.667. The Kier molecular flexibility index (Phi) is 7.94. The van der Waals surface area contributed by atoms with E-state index in [4.69, 9.17) is 18.9 Å². The van der Waals surface area contributed by atoms with E-state index in [1.54, 1.807) is 0 Å². The summed E-state index contributed by atoms with van der Waals surface area (Å²) in [6, 6.07) is 4.83. The highest BCUT2D eigenvalue weighted by Crippen LogP contribution is 2.30. The molecule has 2 fully saturated rings. The molecule has 0 aliphatic carbocycles. The molecular formula is C18H25NO13. The summed E-state index contributed by atoms with van der Waals surface area (Å²) in [7, 11) is 0. The fourth-order valence-electron chi connectivity index (χ4n) is 3.43. The number of aliphatic hydroxyl groups excluding tert-OH is 7. The molecule has 2 heterocycles. The Balaban J connectivity index is 1.70. The zero-order valence-electron chi connectivity index (χ0n) is 16.5. The maximum absolute atomic E-state index is 10.7. The average molecular weight is 463 g/mol. The number of rotatable bonds is 7. The van der Waals surface area contributed by atoms with Crippen LogP contribution in [0.15, 0.2) is 24.3 Å². The van der Waals surface area contributed by atoms with Crippen molar-refractivity contribution in [3.63, 3.8) is 0 Å². The lowest BCUT2D eigenvalue weighted by molar-refractivity contribution is -0.384. The summed E-state index contributed by atoms with van der Waals surface area (Å²) in [6.45, 7) is -1.42. The summed E-state index contributed by atoms with van der Waals surface area (Å²) in [5.74, 6) is 0.0804. The van der Waals surface area contributed by atoms with E-state index >= 15 is 0 Å². The molecule has 1 aromatic carbocycles. The number of hydrogen-bond acceptors (Lipinski definition) is 13. The number of ether oxygens (including phenoxy) is 4. The monoisotopic (exact) mass is 463 g/mol. The molecule has 3 rings (SSSR count). The Labute approximate surface area is 180 Å². The fourth-order valence-corrected chi connectivity index (χ4v) is 3.43. The predicted octanol–water partition coefficient (Wildman–Crippen LogP) is -3.40. The molecule has 32 heavy (non-hydrogen) atoms. The summed E-state index contributed by atoms with van der Waals surface area (Å²) in [4.78, 5) is 10.1. The standard InChI is InChI=1S/C18H25NO13/c20-5-9-11(22)12(23)14(25)18(30-9)32-16-10(6-21)31-17(15(26)13(16)24)29-8-3-1-7(2-4-8)19(27)28/h1-4,9-18,20-26H,5-6H2/t9-,10-,11+,12+,13-,14+,15+,16+,17+,18+/m0/s1. The first-order valence-electron chi connectivity index (χ1n) is 9.67. The van der Waals surface area contributed by atoms with E-state index in [0.29, 0.717) is 0 Å². The highest BCUT2D eigenvalue weighted by atomic mass is 16.7. The van der Waals surface area contributed by atoms with Gasteiger partial charge in [0, 0.05) is 12.1 Å². The van der Waals surface area contributed by atoms with Gasteiger partial charge in [-0.05, 0) is 12.1 Å². The molecule has 1 aromatic rings. The van der Waals surface area contributed by atoms with Crippen molar-refractivity contribution in [3.8, 4) is 5.75 Å². The number of non-ortho nitro benzene ring substituents is 1. The van der Waals surface area contributed by atoms with Crippen LogP contribution in [-0.4, -0.2) is 115 Å². The lowest BCUT2D eigenvalue weighted by Gasteiger charge is -2.45. The van der Waals surface area contributed by atoms with E-state index in [2.05, 4.69) is 0 Å². The Hall–Kier alpha value is -1.98. The lowest BCUT2D eigenvalue weighted by Crippen LogP contribution is -2.65. The molecule has 180 valence electrons. The largest absolute Gasteiger partial charge is 0.462 e. The molecule has 0 saturated carbocycles. The third-order valence-electron chi connectivity index (χ3n) is 5.26. The highest BCUT2D eigenvalue weighted by molar-refractivity contribution is 5.36. The molecule has 14 heteroatoms. The maximum Gasteiger partial charge on any atom is 0.269 e. The Morgan fingerprint density at radius 3 is 1.94 bits per heavy atom. The minimum Gasteiger partial charge on any atom is -0.462 e. The van der Waals surface area contributed by atoms with Crippen LogP contribution in [-0.2, 0) is 14.2 Å². The van der Waals surface area contributed by atoms with Crippen LogP contribution in [0, 0.1) is 10.1 Å². The number of benzene rings is 1. The van der Waals surface area contributed by atoms with Crippen molar-refractivity contribution in [1.29, 1.82) is 0 Å². The molecule has 2 saturated heterocycles. The van der Waals surface area contributed by atoms with Gasteiger partial charge in [0.15, 0.2) is 6.29 Å². The van der Waals surface area contributed by atoms with Crippen molar-refractivity contribution in [2.45, 2.75) is 61.4 Å². The Morgan fingerprint density at radius 2 is 1.38 bits per heavy atom. The second-order valence-corrected chi connectivity index (χ2v) is 7.37. The van der Waals surface area contributed by atoms with Gasteiger partial charge in [0.2, 0.25) is 6.29 Å². The lowest BCUT2D eigenvalue weighted by atomic mass is 9.97. The minimum atomic E-state index is -1.77. The van der Waals surface area contributed by atoms with Gasteiger partial charge in [0.05, 0.1) is 18.1 Å². The summed E-state index contributed by atoms with van der Waals surface area (Å²) >= 11 is 0. The zero-order chi connectivity index (χ0) is 23.6. The molecule has 10 atom stereocenters. The van der Waals surface area contributed by atoms with E-state index in [0.717, 1.165) is 12.1 Å². The summed E-state index contributed by atoms with van der Waals surface area (Å²) in [6.07, 6.45) is -15.7. The second-order valence-electron chi connectivity index (χ2n) is 7.37. The second kappa shape index (κ2) is 10.3. The number of hydrogen-bond donors (Lipinski definition) is 7. The number of nitrogens with zero attached hydrogens (tertiary/aromatic N) is 1.